The number of nitrogens with zero attached hydrogens (tertiary/aromatic N) is 1. The van der Waals surface area contributed by atoms with Crippen molar-refractivity contribution in [2.75, 3.05) is 32.1 Å². The summed E-state index contributed by atoms with van der Waals surface area (Å²) in [7, 11) is 3.62. The third kappa shape index (κ3) is 5.69. The molecule has 0 aliphatic heterocycles. The van der Waals surface area contributed by atoms with Gasteiger partial charge in [0.15, 0.2) is 11.5 Å². The third-order valence-electron chi connectivity index (χ3n) is 3.94. The van der Waals surface area contributed by atoms with Gasteiger partial charge < -0.3 is 19.7 Å². The molecule has 0 bridgehead atoms. The molecule has 0 aliphatic rings. The maximum absolute atomic E-state index is 12.3. The lowest BCUT2D eigenvalue weighted by molar-refractivity contribution is 0.0953. The quantitative estimate of drug-likeness (QED) is 0.696. The molecule has 0 saturated carbocycles. The lowest BCUT2D eigenvalue weighted by atomic mass is 10.2. The van der Waals surface area contributed by atoms with Crippen molar-refractivity contribution in [3.05, 3.63) is 54.1 Å². The van der Waals surface area contributed by atoms with Crippen LogP contribution in [0, 0.1) is 0 Å². The number of amides is 1. The van der Waals surface area contributed by atoms with Gasteiger partial charge in [0.1, 0.15) is 0 Å². The fraction of sp³-hybridized carbons (Fsp3) is 0.381. The molecular weight excluding hydrogens is 328 g/mol. The highest BCUT2D eigenvalue weighted by molar-refractivity contribution is 5.94. The van der Waals surface area contributed by atoms with E-state index < -0.39 is 0 Å². The first-order valence-electron chi connectivity index (χ1n) is 8.90. The third-order valence-corrected chi connectivity index (χ3v) is 3.94. The van der Waals surface area contributed by atoms with Gasteiger partial charge in [0.05, 0.1) is 13.2 Å². The van der Waals surface area contributed by atoms with E-state index in [-0.39, 0.29) is 12.0 Å². The van der Waals surface area contributed by atoms with E-state index in [4.69, 9.17) is 9.47 Å². The number of rotatable bonds is 9. The molecule has 0 unspecified atom stereocenters. The molecule has 140 valence electrons. The van der Waals surface area contributed by atoms with Crippen molar-refractivity contribution < 1.29 is 14.3 Å². The lowest BCUT2D eigenvalue weighted by Crippen LogP contribution is -2.28. The fourth-order valence-electron chi connectivity index (χ4n) is 2.59. The molecule has 0 spiro atoms. The maximum atomic E-state index is 12.3. The molecule has 2 aromatic carbocycles. The van der Waals surface area contributed by atoms with Gasteiger partial charge in [0.2, 0.25) is 0 Å². The highest BCUT2D eigenvalue weighted by Crippen LogP contribution is 2.28. The number of methoxy groups -OCH3 is 1. The number of hydrogen-bond acceptors (Lipinski definition) is 4. The maximum Gasteiger partial charge on any atom is 0.251 e. The summed E-state index contributed by atoms with van der Waals surface area (Å²) in [6, 6.07) is 15.4. The Labute approximate surface area is 155 Å². The van der Waals surface area contributed by atoms with Gasteiger partial charge in [0.25, 0.3) is 5.91 Å². The first-order chi connectivity index (χ1) is 12.5. The highest BCUT2D eigenvalue weighted by Gasteiger charge is 2.12. The molecule has 5 nitrogen and oxygen atoms in total. The molecule has 0 heterocycles. The van der Waals surface area contributed by atoms with Crippen molar-refractivity contribution in [3.63, 3.8) is 0 Å². The van der Waals surface area contributed by atoms with Gasteiger partial charge in [-0.25, -0.2) is 0 Å². The van der Waals surface area contributed by atoms with Gasteiger partial charge in [-0.2, -0.15) is 0 Å². The van der Waals surface area contributed by atoms with E-state index in [2.05, 4.69) is 29.4 Å². The molecule has 0 atom stereocenters. The number of anilines is 1. The van der Waals surface area contributed by atoms with Gasteiger partial charge in [0, 0.05) is 31.4 Å². The van der Waals surface area contributed by atoms with E-state index in [0.717, 1.165) is 13.0 Å². The van der Waals surface area contributed by atoms with Crippen LogP contribution in [0.2, 0.25) is 0 Å². The second kappa shape index (κ2) is 9.70. The second-order valence-electron chi connectivity index (χ2n) is 6.40. The van der Waals surface area contributed by atoms with Crippen LogP contribution in [0.1, 0.15) is 30.6 Å². The van der Waals surface area contributed by atoms with E-state index in [9.17, 15) is 4.79 Å². The lowest BCUT2D eigenvalue weighted by Gasteiger charge is -2.19. The molecule has 0 aromatic heterocycles. The van der Waals surface area contributed by atoms with Crippen molar-refractivity contribution in [1.82, 2.24) is 5.32 Å². The number of benzene rings is 2. The summed E-state index contributed by atoms with van der Waals surface area (Å²) in [5, 5.41) is 2.96. The molecule has 0 aliphatic carbocycles. The predicted molar refractivity (Wildman–Crippen MR) is 105 cm³/mol. The SMILES string of the molecule is COc1cc(C(=O)NCCCN(C)c2ccccc2)ccc1OC(C)C. The van der Waals surface area contributed by atoms with Crippen LogP contribution in [0.3, 0.4) is 0 Å². The Kier molecular flexibility index (Phi) is 7.33. The Morgan fingerprint density at radius 3 is 2.50 bits per heavy atom. The van der Waals surface area contributed by atoms with Gasteiger partial charge in [-0.3, -0.25) is 4.79 Å². The number of carbonyl (C=O) groups is 1. The van der Waals surface area contributed by atoms with Crippen LogP contribution in [0.5, 0.6) is 11.5 Å². The van der Waals surface area contributed by atoms with E-state index >= 15 is 0 Å². The van der Waals surface area contributed by atoms with Crippen molar-refractivity contribution >= 4 is 11.6 Å². The Balaban J connectivity index is 1.84. The average molecular weight is 356 g/mol. The minimum absolute atomic E-state index is 0.0465. The first-order valence-corrected chi connectivity index (χ1v) is 8.90. The van der Waals surface area contributed by atoms with Crippen LogP contribution >= 0.6 is 0 Å². The second-order valence-corrected chi connectivity index (χ2v) is 6.40. The smallest absolute Gasteiger partial charge is 0.251 e. The van der Waals surface area contributed by atoms with Crippen LogP contribution in [-0.4, -0.2) is 39.3 Å². The zero-order valence-corrected chi connectivity index (χ0v) is 16.0. The summed E-state index contributed by atoms with van der Waals surface area (Å²) in [6.07, 6.45) is 0.910. The van der Waals surface area contributed by atoms with Gasteiger partial charge in [-0.1, -0.05) is 18.2 Å². The van der Waals surface area contributed by atoms with Gasteiger partial charge in [-0.15, -0.1) is 0 Å². The Bertz CT molecular complexity index is 702. The standard InChI is InChI=1S/C21H28N2O3/c1-16(2)26-19-12-11-17(15-20(19)25-4)21(24)22-13-8-14-23(3)18-9-6-5-7-10-18/h5-7,9-12,15-16H,8,13-14H2,1-4H3,(H,22,24). The topological polar surface area (TPSA) is 50.8 Å². The van der Waals surface area contributed by atoms with E-state index in [1.165, 1.54) is 5.69 Å². The molecule has 0 saturated heterocycles. The monoisotopic (exact) mass is 356 g/mol. The van der Waals surface area contributed by atoms with E-state index in [1.807, 2.05) is 32.0 Å². The van der Waals surface area contributed by atoms with Crippen LogP contribution in [0.4, 0.5) is 5.69 Å². The first kappa shape index (κ1) is 19.6. The zero-order chi connectivity index (χ0) is 18.9. The van der Waals surface area contributed by atoms with Crippen LogP contribution < -0.4 is 19.7 Å². The minimum atomic E-state index is -0.109. The Hall–Kier alpha value is -2.69. The summed E-state index contributed by atoms with van der Waals surface area (Å²) in [4.78, 5) is 14.5. The summed E-state index contributed by atoms with van der Waals surface area (Å²) in [6.45, 7) is 5.39. The number of hydrogen-bond donors (Lipinski definition) is 1. The van der Waals surface area contributed by atoms with Crippen LogP contribution in [-0.2, 0) is 0 Å². The summed E-state index contributed by atoms with van der Waals surface area (Å²) >= 11 is 0. The highest BCUT2D eigenvalue weighted by atomic mass is 16.5. The molecule has 1 amide bonds. The number of carbonyl (C=O) groups excluding carboxylic acids is 1. The van der Waals surface area contributed by atoms with Crippen molar-refractivity contribution in [1.29, 1.82) is 0 Å². The van der Waals surface area contributed by atoms with Crippen molar-refractivity contribution in [2.45, 2.75) is 26.4 Å². The Morgan fingerprint density at radius 2 is 1.85 bits per heavy atom. The van der Waals surface area contributed by atoms with Crippen molar-refractivity contribution in [2.24, 2.45) is 0 Å². The van der Waals surface area contributed by atoms with E-state index in [0.29, 0.717) is 23.6 Å². The van der Waals surface area contributed by atoms with Gasteiger partial charge >= 0.3 is 0 Å². The summed E-state index contributed by atoms with van der Waals surface area (Å²) in [5.74, 6) is 1.10. The van der Waals surface area contributed by atoms with Gasteiger partial charge in [-0.05, 0) is 50.6 Å². The number of para-hydroxylation sites is 1. The fourth-order valence-corrected chi connectivity index (χ4v) is 2.59. The van der Waals surface area contributed by atoms with E-state index in [1.54, 1.807) is 25.3 Å². The normalized spacial score (nSPS) is 10.5. The molecule has 5 heteroatoms. The minimum Gasteiger partial charge on any atom is -0.493 e. The molecule has 2 rings (SSSR count). The van der Waals surface area contributed by atoms with Crippen LogP contribution in [0.25, 0.3) is 0 Å². The molecular formula is C21H28N2O3. The Morgan fingerprint density at radius 1 is 1.12 bits per heavy atom. The summed E-state index contributed by atoms with van der Waals surface area (Å²) < 4.78 is 11.0. The van der Waals surface area contributed by atoms with Crippen LogP contribution in [0.15, 0.2) is 48.5 Å². The predicted octanol–water partition coefficient (Wildman–Crippen LogP) is 3.74. The number of nitrogens with one attached hydrogen (secondary N) is 1. The average Bonchev–Trinajstić information content (AvgIpc) is 2.65. The zero-order valence-electron chi connectivity index (χ0n) is 16.0. The summed E-state index contributed by atoms with van der Waals surface area (Å²) in [5.41, 5.74) is 1.73. The molecule has 0 fully saturated rings. The van der Waals surface area contributed by atoms with Crippen molar-refractivity contribution in [3.8, 4) is 11.5 Å². The number of ether oxygens (including phenoxy) is 2. The molecule has 1 N–H and O–H groups in total. The molecule has 0 radical (unpaired) electrons. The molecule has 26 heavy (non-hydrogen) atoms. The largest absolute Gasteiger partial charge is 0.493 e. The molecule has 2 aromatic rings.